The zero-order chi connectivity index (χ0) is 7.40. The Morgan fingerprint density at radius 2 is 2.45 bits per heavy atom. The SMILES string of the molecule is Cl.O=COCC1NCCC1F. The molecule has 0 aliphatic carbocycles. The predicted molar refractivity (Wildman–Crippen MR) is 40.6 cm³/mol. The quantitative estimate of drug-likeness (QED) is 0.639. The molecule has 0 amide bonds. The maximum atomic E-state index is 12.7. The first-order valence-electron chi connectivity index (χ1n) is 3.27. The molecule has 66 valence electrons. The first-order chi connectivity index (χ1) is 4.84. The highest BCUT2D eigenvalue weighted by Gasteiger charge is 2.26. The Balaban J connectivity index is 0.000001000. The second-order valence-electron chi connectivity index (χ2n) is 2.29. The molecular weight excluding hydrogens is 173 g/mol. The molecule has 2 atom stereocenters. The minimum absolute atomic E-state index is 0. The highest BCUT2D eigenvalue weighted by molar-refractivity contribution is 5.85. The smallest absolute Gasteiger partial charge is 0.293 e. The number of halogens is 2. The Hall–Kier alpha value is -0.350. The van der Waals surface area contributed by atoms with Gasteiger partial charge in [0.15, 0.2) is 0 Å². The van der Waals surface area contributed by atoms with Crippen LogP contribution in [-0.2, 0) is 9.53 Å². The van der Waals surface area contributed by atoms with Crippen molar-refractivity contribution in [2.45, 2.75) is 18.6 Å². The fourth-order valence-electron chi connectivity index (χ4n) is 1.04. The first kappa shape index (κ1) is 10.7. The van der Waals surface area contributed by atoms with Gasteiger partial charge in [-0.1, -0.05) is 0 Å². The van der Waals surface area contributed by atoms with Crippen molar-refractivity contribution in [2.75, 3.05) is 13.2 Å². The largest absolute Gasteiger partial charge is 0.466 e. The van der Waals surface area contributed by atoms with Crippen LogP contribution in [-0.4, -0.2) is 31.8 Å². The molecule has 1 aliphatic heterocycles. The van der Waals surface area contributed by atoms with E-state index in [4.69, 9.17) is 0 Å². The summed E-state index contributed by atoms with van der Waals surface area (Å²) in [5.41, 5.74) is 0. The summed E-state index contributed by atoms with van der Waals surface area (Å²) in [6.07, 6.45) is -0.340. The van der Waals surface area contributed by atoms with Crippen molar-refractivity contribution in [3.63, 3.8) is 0 Å². The molecule has 0 aromatic rings. The van der Waals surface area contributed by atoms with Crippen molar-refractivity contribution in [1.29, 1.82) is 0 Å². The Morgan fingerprint density at radius 1 is 1.73 bits per heavy atom. The van der Waals surface area contributed by atoms with Gasteiger partial charge < -0.3 is 10.1 Å². The summed E-state index contributed by atoms with van der Waals surface area (Å²) in [6.45, 7) is 1.16. The van der Waals surface area contributed by atoms with Gasteiger partial charge in [-0.25, -0.2) is 4.39 Å². The van der Waals surface area contributed by atoms with Gasteiger partial charge in [0.2, 0.25) is 0 Å². The molecule has 0 bridgehead atoms. The maximum Gasteiger partial charge on any atom is 0.293 e. The number of alkyl halides is 1. The fourth-order valence-corrected chi connectivity index (χ4v) is 1.04. The molecule has 1 saturated heterocycles. The van der Waals surface area contributed by atoms with E-state index in [9.17, 15) is 9.18 Å². The summed E-state index contributed by atoms with van der Waals surface area (Å²) in [6, 6.07) is -0.287. The second-order valence-corrected chi connectivity index (χ2v) is 2.29. The van der Waals surface area contributed by atoms with Crippen molar-refractivity contribution in [3.8, 4) is 0 Å². The molecule has 1 rings (SSSR count). The zero-order valence-electron chi connectivity index (χ0n) is 5.96. The van der Waals surface area contributed by atoms with E-state index in [0.29, 0.717) is 19.4 Å². The van der Waals surface area contributed by atoms with Crippen LogP contribution in [0.15, 0.2) is 0 Å². The molecule has 2 unspecified atom stereocenters. The van der Waals surface area contributed by atoms with Crippen LogP contribution in [0, 0.1) is 0 Å². The second kappa shape index (κ2) is 5.32. The van der Waals surface area contributed by atoms with Crippen LogP contribution < -0.4 is 5.32 Å². The van der Waals surface area contributed by atoms with Crippen LogP contribution in [0.4, 0.5) is 4.39 Å². The first-order valence-corrected chi connectivity index (χ1v) is 3.27. The van der Waals surface area contributed by atoms with Gasteiger partial charge in [0.25, 0.3) is 6.47 Å². The van der Waals surface area contributed by atoms with Gasteiger partial charge in [0, 0.05) is 0 Å². The normalized spacial score (nSPS) is 29.2. The molecular formula is C6H11ClFNO2. The third-order valence-corrected chi connectivity index (χ3v) is 1.61. The number of hydrogen-bond donors (Lipinski definition) is 1. The van der Waals surface area contributed by atoms with E-state index in [1.54, 1.807) is 0 Å². The molecule has 11 heavy (non-hydrogen) atoms. The lowest BCUT2D eigenvalue weighted by molar-refractivity contribution is -0.129. The predicted octanol–water partition coefficient (Wildman–Crippen LogP) is 0.281. The lowest BCUT2D eigenvalue weighted by atomic mass is 10.2. The molecule has 0 radical (unpaired) electrons. The number of rotatable bonds is 3. The van der Waals surface area contributed by atoms with Gasteiger partial charge in [0.1, 0.15) is 12.8 Å². The van der Waals surface area contributed by atoms with E-state index in [1.807, 2.05) is 0 Å². The minimum atomic E-state index is -0.861. The van der Waals surface area contributed by atoms with Gasteiger partial charge >= 0.3 is 0 Å². The summed E-state index contributed by atoms with van der Waals surface area (Å²) in [5.74, 6) is 0. The molecule has 1 N–H and O–H groups in total. The van der Waals surface area contributed by atoms with Crippen molar-refractivity contribution >= 4 is 18.9 Å². The lowest BCUT2D eigenvalue weighted by Crippen LogP contribution is -2.32. The zero-order valence-corrected chi connectivity index (χ0v) is 6.77. The molecule has 3 nitrogen and oxygen atoms in total. The minimum Gasteiger partial charge on any atom is -0.466 e. The fraction of sp³-hybridized carbons (Fsp3) is 0.833. The summed E-state index contributed by atoms with van der Waals surface area (Å²) < 4.78 is 17.1. The van der Waals surface area contributed by atoms with Crippen LogP contribution in [0.25, 0.3) is 0 Å². The monoisotopic (exact) mass is 183 g/mol. The Labute approximate surface area is 70.7 Å². The standard InChI is InChI=1S/C6H10FNO2.ClH/c7-5-1-2-8-6(5)3-10-4-9;/h4-6,8H,1-3H2;1H. The summed E-state index contributed by atoms with van der Waals surface area (Å²) in [4.78, 5) is 9.70. The van der Waals surface area contributed by atoms with E-state index in [2.05, 4.69) is 10.1 Å². The van der Waals surface area contributed by atoms with Gasteiger partial charge in [-0.05, 0) is 13.0 Å². The van der Waals surface area contributed by atoms with E-state index in [0.717, 1.165) is 0 Å². The summed E-state index contributed by atoms with van der Waals surface area (Å²) in [5, 5.41) is 2.88. The topological polar surface area (TPSA) is 38.3 Å². The molecule has 5 heteroatoms. The Kier molecular flexibility index (Phi) is 5.15. The van der Waals surface area contributed by atoms with Gasteiger partial charge in [0.05, 0.1) is 6.04 Å². The molecule has 0 saturated carbocycles. The molecule has 1 fully saturated rings. The highest BCUT2D eigenvalue weighted by Crippen LogP contribution is 2.10. The van der Waals surface area contributed by atoms with Crippen LogP contribution in [0.2, 0.25) is 0 Å². The number of nitrogens with one attached hydrogen (secondary N) is 1. The highest BCUT2D eigenvalue weighted by atomic mass is 35.5. The van der Waals surface area contributed by atoms with E-state index < -0.39 is 6.17 Å². The van der Waals surface area contributed by atoms with E-state index >= 15 is 0 Å². The molecule has 0 spiro atoms. The number of carbonyl (C=O) groups excluding carboxylic acids is 1. The lowest BCUT2D eigenvalue weighted by Gasteiger charge is -2.10. The molecule has 1 heterocycles. The average molecular weight is 184 g/mol. The Morgan fingerprint density at radius 3 is 2.91 bits per heavy atom. The van der Waals surface area contributed by atoms with Crippen LogP contribution >= 0.6 is 12.4 Å². The third kappa shape index (κ3) is 3.03. The number of ether oxygens (including phenoxy) is 1. The third-order valence-electron chi connectivity index (χ3n) is 1.61. The number of hydrogen-bond acceptors (Lipinski definition) is 3. The van der Waals surface area contributed by atoms with Crippen molar-refractivity contribution < 1.29 is 13.9 Å². The van der Waals surface area contributed by atoms with Gasteiger partial charge in [-0.2, -0.15) is 0 Å². The van der Waals surface area contributed by atoms with Crippen molar-refractivity contribution in [3.05, 3.63) is 0 Å². The van der Waals surface area contributed by atoms with Crippen molar-refractivity contribution in [1.82, 2.24) is 5.32 Å². The van der Waals surface area contributed by atoms with Crippen LogP contribution in [0.3, 0.4) is 0 Å². The Bertz CT molecular complexity index is 125. The molecule has 0 aromatic carbocycles. The van der Waals surface area contributed by atoms with Crippen LogP contribution in [0.5, 0.6) is 0 Å². The van der Waals surface area contributed by atoms with Crippen molar-refractivity contribution in [2.24, 2.45) is 0 Å². The molecule has 0 aromatic heterocycles. The average Bonchev–Trinajstić information content (AvgIpc) is 2.31. The number of carbonyl (C=O) groups is 1. The van der Waals surface area contributed by atoms with Gasteiger partial charge in [-0.15, -0.1) is 12.4 Å². The van der Waals surface area contributed by atoms with E-state index in [1.165, 1.54) is 0 Å². The molecule has 1 aliphatic rings. The van der Waals surface area contributed by atoms with E-state index in [-0.39, 0.29) is 25.1 Å². The van der Waals surface area contributed by atoms with Gasteiger partial charge in [-0.3, -0.25) is 4.79 Å². The maximum absolute atomic E-state index is 12.7. The van der Waals surface area contributed by atoms with Crippen LogP contribution in [0.1, 0.15) is 6.42 Å². The summed E-state index contributed by atoms with van der Waals surface area (Å²) in [7, 11) is 0. The summed E-state index contributed by atoms with van der Waals surface area (Å²) >= 11 is 0.